The normalized spacial score (nSPS) is 30.6. The molecule has 0 bridgehead atoms. The Balaban J connectivity index is 2.97. The van der Waals surface area contributed by atoms with Crippen LogP contribution in [0.4, 0.5) is 13.2 Å². The highest BCUT2D eigenvalue weighted by Crippen LogP contribution is 2.45. The molecule has 1 saturated carbocycles. The molecule has 0 saturated heterocycles. The van der Waals surface area contributed by atoms with Crippen molar-refractivity contribution in [3.8, 4) is 0 Å². The predicted octanol–water partition coefficient (Wildman–Crippen LogP) is 3.80. The van der Waals surface area contributed by atoms with Crippen molar-refractivity contribution in [1.82, 2.24) is 4.90 Å². The first-order chi connectivity index (χ1) is 8.94. The number of alkyl halides is 3. The summed E-state index contributed by atoms with van der Waals surface area (Å²) in [5.74, 6) is -1.21. The first-order valence-electron chi connectivity index (χ1n) is 7.44. The van der Waals surface area contributed by atoms with Crippen molar-refractivity contribution >= 4 is 0 Å². The Hall–Kier alpha value is -0.290. The minimum Gasteiger partial charge on any atom is -0.329 e. The van der Waals surface area contributed by atoms with E-state index < -0.39 is 17.6 Å². The average molecular weight is 294 g/mol. The van der Waals surface area contributed by atoms with Crippen LogP contribution in [0.1, 0.15) is 53.4 Å². The third kappa shape index (κ3) is 3.67. The van der Waals surface area contributed by atoms with Gasteiger partial charge in [0.15, 0.2) is 0 Å². The molecule has 1 fully saturated rings. The van der Waals surface area contributed by atoms with Crippen molar-refractivity contribution < 1.29 is 13.2 Å². The van der Waals surface area contributed by atoms with Crippen LogP contribution < -0.4 is 5.73 Å². The van der Waals surface area contributed by atoms with Gasteiger partial charge in [-0.1, -0.05) is 27.2 Å². The molecule has 3 atom stereocenters. The van der Waals surface area contributed by atoms with E-state index in [0.29, 0.717) is 6.42 Å². The fourth-order valence-corrected chi connectivity index (χ4v) is 3.26. The summed E-state index contributed by atoms with van der Waals surface area (Å²) in [6.07, 6.45) is -2.38. The molecule has 0 aliphatic heterocycles. The average Bonchev–Trinajstić information content (AvgIpc) is 2.34. The summed E-state index contributed by atoms with van der Waals surface area (Å²) in [6, 6.07) is 0.179. The second-order valence-electron chi connectivity index (χ2n) is 7.42. The first kappa shape index (κ1) is 17.8. The van der Waals surface area contributed by atoms with Crippen LogP contribution in [0.5, 0.6) is 0 Å². The van der Waals surface area contributed by atoms with E-state index in [9.17, 15) is 13.2 Å². The topological polar surface area (TPSA) is 29.3 Å². The Morgan fingerprint density at radius 2 is 1.85 bits per heavy atom. The summed E-state index contributed by atoms with van der Waals surface area (Å²) in [6.45, 7) is 8.71. The molecule has 2 N–H and O–H groups in total. The Morgan fingerprint density at radius 3 is 2.25 bits per heavy atom. The van der Waals surface area contributed by atoms with Crippen LogP contribution in [-0.4, -0.2) is 36.2 Å². The molecule has 0 aromatic rings. The fraction of sp³-hybridized carbons (Fsp3) is 1.00. The maximum atomic E-state index is 13.1. The molecule has 0 aromatic carbocycles. The monoisotopic (exact) mass is 294 g/mol. The largest absolute Gasteiger partial charge is 0.391 e. The van der Waals surface area contributed by atoms with Gasteiger partial charge in [-0.25, -0.2) is 0 Å². The maximum absolute atomic E-state index is 13.1. The zero-order valence-electron chi connectivity index (χ0n) is 13.3. The second-order valence-corrected chi connectivity index (χ2v) is 7.42. The summed E-state index contributed by atoms with van der Waals surface area (Å²) < 4.78 is 39.2. The van der Waals surface area contributed by atoms with E-state index in [2.05, 4.69) is 32.6 Å². The molecule has 1 rings (SSSR count). The molecular formula is C15H29F3N2. The number of likely N-dealkylation sites (N-methyl/N-ethyl adjacent to an activating group) is 1. The minimum atomic E-state index is -4.10. The van der Waals surface area contributed by atoms with E-state index in [4.69, 9.17) is 5.73 Å². The Morgan fingerprint density at radius 1 is 1.30 bits per heavy atom. The lowest BCUT2D eigenvalue weighted by molar-refractivity contribution is -0.195. The Labute approximate surface area is 120 Å². The van der Waals surface area contributed by atoms with Crippen LogP contribution in [-0.2, 0) is 0 Å². The number of hydrogen-bond acceptors (Lipinski definition) is 2. The standard InChI is InChI=1S/C15H29F3N2/c1-11(13(2,3)4)20(5)14(10-19)8-6-7-12(9-14)15(16,17)18/h11-12H,6-10,19H2,1-5H3. The molecule has 5 heteroatoms. The van der Waals surface area contributed by atoms with Crippen molar-refractivity contribution in [3.63, 3.8) is 0 Å². The lowest BCUT2D eigenvalue weighted by Crippen LogP contribution is -2.60. The molecule has 3 unspecified atom stereocenters. The van der Waals surface area contributed by atoms with Gasteiger partial charge < -0.3 is 5.73 Å². The van der Waals surface area contributed by atoms with Crippen LogP contribution in [0, 0.1) is 11.3 Å². The summed E-state index contributed by atoms with van der Waals surface area (Å²) >= 11 is 0. The van der Waals surface area contributed by atoms with E-state index in [0.717, 1.165) is 6.42 Å². The van der Waals surface area contributed by atoms with Gasteiger partial charge in [0, 0.05) is 18.1 Å². The minimum absolute atomic E-state index is 0.0160. The highest BCUT2D eigenvalue weighted by molar-refractivity contribution is 5.00. The zero-order chi connectivity index (χ0) is 15.8. The van der Waals surface area contributed by atoms with Gasteiger partial charge in [-0.2, -0.15) is 13.2 Å². The zero-order valence-corrected chi connectivity index (χ0v) is 13.3. The Bertz CT molecular complexity index is 310. The third-order valence-electron chi connectivity index (χ3n) is 5.25. The van der Waals surface area contributed by atoms with Gasteiger partial charge >= 0.3 is 6.18 Å². The molecule has 120 valence electrons. The van der Waals surface area contributed by atoms with Gasteiger partial charge in [-0.15, -0.1) is 0 Å². The molecule has 0 heterocycles. The van der Waals surface area contributed by atoms with Crippen molar-refractivity contribution in [2.24, 2.45) is 17.1 Å². The molecule has 20 heavy (non-hydrogen) atoms. The summed E-state index contributed by atoms with van der Waals surface area (Å²) in [5, 5.41) is 0. The third-order valence-corrected chi connectivity index (χ3v) is 5.25. The van der Waals surface area contributed by atoms with Gasteiger partial charge in [-0.3, -0.25) is 4.90 Å². The van der Waals surface area contributed by atoms with Crippen LogP contribution in [0.3, 0.4) is 0 Å². The van der Waals surface area contributed by atoms with Crippen LogP contribution in [0.15, 0.2) is 0 Å². The van der Waals surface area contributed by atoms with Crippen LogP contribution in [0.2, 0.25) is 0 Å². The first-order valence-corrected chi connectivity index (χ1v) is 7.44. The highest BCUT2D eigenvalue weighted by Gasteiger charge is 2.50. The van der Waals surface area contributed by atoms with Gasteiger partial charge in [0.25, 0.3) is 0 Å². The van der Waals surface area contributed by atoms with E-state index in [1.807, 2.05) is 7.05 Å². The number of halogens is 3. The van der Waals surface area contributed by atoms with Gasteiger partial charge in [0.1, 0.15) is 0 Å². The van der Waals surface area contributed by atoms with Crippen LogP contribution >= 0.6 is 0 Å². The molecule has 0 radical (unpaired) electrons. The molecule has 1 aliphatic rings. The SMILES string of the molecule is CC(N(C)C1(CN)CCCC(C(F)(F)F)C1)C(C)(C)C. The van der Waals surface area contributed by atoms with Crippen LogP contribution in [0.25, 0.3) is 0 Å². The number of rotatable bonds is 3. The number of nitrogens with zero attached hydrogens (tertiary/aromatic N) is 1. The quantitative estimate of drug-likeness (QED) is 0.858. The number of hydrogen-bond donors (Lipinski definition) is 1. The van der Waals surface area contributed by atoms with E-state index in [1.165, 1.54) is 0 Å². The summed E-state index contributed by atoms with van der Waals surface area (Å²) in [4.78, 5) is 2.10. The van der Waals surface area contributed by atoms with Gasteiger partial charge in [0.2, 0.25) is 0 Å². The predicted molar refractivity (Wildman–Crippen MR) is 76.5 cm³/mol. The lowest BCUT2D eigenvalue weighted by atomic mass is 9.72. The van der Waals surface area contributed by atoms with E-state index >= 15 is 0 Å². The summed E-state index contributed by atoms with van der Waals surface area (Å²) in [5.41, 5.74) is 5.41. The van der Waals surface area contributed by atoms with E-state index in [-0.39, 0.29) is 30.8 Å². The molecule has 1 aliphatic carbocycles. The summed E-state index contributed by atoms with van der Waals surface area (Å²) in [7, 11) is 1.93. The highest BCUT2D eigenvalue weighted by atomic mass is 19.4. The lowest BCUT2D eigenvalue weighted by Gasteiger charge is -2.52. The van der Waals surface area contributed by atoms with Crippen molar-refractivity contribution in [3.05, 3.63) is 0 Å². The van der Waals surface area contributed by atoms with Crippen molar-refractivity contribution in [1.29, 1.82) is 0 Å². The molecule has 0 amide bonds. The molecule has 0 aromatic heterocycles. The molecule has 2 nitrogen and oxygen atoms in total. The maximum Gasteiger partial charge on any atom is 0.391 e. The van der Waals surface area contributed by atoms with Crippen molar-refractivity contribution in [2.45, 2.75) is 71.1 Å². The molecular weight excluding hydrogens is 265 g/mol. The second kappa shape index (κ2) is 5.84. The smallest absolute Gasteiger partial charge is 0.329 e. The number of nitrogens with two attached hydrogens (primary N) is 1. The van der Waals surface area contributed by atoms with Crippen molar-refractivity contribution in [2.75, 3.05) is 13.6 Å². The molecule has 0 spiro atoms. The Kier molecular flexibility index (Phi) is 5.18. The fourth-order valence-electron chi connectivity index (χ4n) is 3.26. The van der Waals surface area contributed by atoms with Gasteiger partial charge in [-0.05, 0) is 38.6 Å². The van der Waals surface area contributed by atoms with E-state index in [1.54, 1.807) is 0 Å². The van der Waals surface area contributed by atoms with Gasteiger partial charge in [0.05, 0.1) is 5.92 Å².